The van der Waals surface area contributed by atoms with Crippen LogP contribution >= 0.6 is 23.2 Å². The zero-order valence-electron chi connectivity index (χ0n) is 11.6. The van der Waals surface area contributed by atoms with Gasteiger partial charge in [0.05, 0.1) is 10.7 Å². The highest BCUT2D eigenvalue weighted by molar-refractivity contribution is 6.36. The molecule has 9 heteroatoms. The Morgan fingerprint density at radius 1 is 1.13 bits per heavy atom. The highest BCUT2D eigenvalue weighted by Gasteiger charge is 2.08. The van der Waals surface area contributed by atoms with E-state index in [-0.39, 0.29) is 0 Å². The molecule has 3 aromatic rings. The van der Waals surface area contributed by atoms with Crippen molar-refractivity contribution in [1.29, 1.82) is 0 Å². The van der Waals surface area contributed by atoms with Crippen LogP contribution in [-0.4, -0.2) is 25.8 Å². The monoisotopic (exact) mass is 348 g/mol. The summed E-state index contributed by atoms with van der Waals surface area (Å²) in [6, 6.07) is 7.65. The average Bonchev–Trinajstić information content (AvgIpc) is 3.05. The second-order valence-electron chi connectivity index (χ2n) is 4.42. The number of benzene rings is 1. The summed E-state index contributed by atoms with van der Waals surface area (Å²) in [7, 11) is 0. The first-order valence-corrected chi connectivity index (χ1v) is 7.22. The average molecular weight is 349 g/mol. The van der Waals surface area contributed by atoms with Gasteiger partial charge in [0.25, 0.3) is 0 Å². The molecule has 0 fully saturated rings. The summed E-state index contributed by atoms with van der Waals surface area (Å²) in [5.41, 5.74) is 0.440. The minimum Gasteiger partial charge on any atom is -0.306 e. The Labute approximate surface area is 141 Å². The largest absolute Gasteiger partial charge is 0.324 e. The number of hydrogen-bond donors (Lipinski definition) is 2. The van der Waals surface area contributed by atoms with Gasteiger partial charge < -0.3 is 5.32 Å². The van der Waals surface area contributed by atoms with Crippen molar-refractivity contribution in [3.05, 3.63) is 59.1 Å². The smallest absolute Gasteiger partial charge is 0.306 e. The first-order chi connectivity index (χ1) is 11.1. The number of amides is 2. The Morgan fingerprint density at radius 3 is 2.74 bits per heavy atom. The van der Waals surface area contributed by atoms with E-state index in [1.807, 2.05) is 0 Å². The Bertz CT molecular complexity index is 837. The highest BCUT2D eigenvalue weighted by Crippen LogP contribution is 2.25. The van der Waals surface area contributed by atoms with Crippen molar-refractivity contribution < 1.29 is 4.79 Å². The number of anilines is 2. The number of aromatic nitrogens is 4. The molecule has 0 saturated heterocycles. The van der Waals surface area contributed by atoms with E-state index in [0.29, 0.717) is 27.4 Å². The molecule has 0 bridgehead atoms. The van der Waals surface area contributed by atoms with Gasteiger partial charge in [0.1, 0.15) is 12.1 Å². The topological polar surface area (TPSA) is 84.7 Å². The molecule has 116 valence electrons. The molecule has 3 rings (SSSR count). The van der Waals surface area contributed by atoms with E-state index in [4.69, 9.17) is 23.2 Å². The molecule has 7 nitrogen and oxygen atoms in total. The molecule has 0 unspecified atom stereocenters. The summed E-state index contributed by atoms with van der Waals surface area (Å²) in [6.45, 7) is 0. The van der Waals surface area contributed by atoms with E-state index in [2.05, 4.69) is 25.7 Å². The summed E-state index contributed by atoms with van der Waals surface area (Å²) < 4.78 is 1.56. The predicted octanol–water partition coefficient (Wildman–Crippen LogP) is 3.61. The van der Waals surface area contributed by atoms with Crippen molar-refractivity contribution in [3.8, 4) is 5.82 Å². The maximum Gasteiger partial charge on any atom is 0.324 e. The number of nitrogens with zero attached hydrogens (tertiary/aromatic N) is 4. The zero-order valence-corrected chi connectivity index (χ0v) is 13.1. The zero-order chi connectivity index (χ0) is 16.2. The molecule has 0 aliphatic carbocycles. The van der Waals surface area contributed by atoms with Crippen molar-refractivity contribution >= 4 is 40.7 Å². The number of carbonyl (C=O) groups is 1. The molecule has 2 aromatic heterocycles. The fourth-order valence-electron chi connectivity index (χ4n) is 1.81. The SMILES string of the molecule is O=C(Nc1cc(-n2cccn2)ncn1)Nc1ccc(Cl)cc1Cl. The summed E-state index contributed by atoms with van der Waals surface area (Å²) in [5.74, 6) is 0.859. The Kier molecular flexibility index (Phi) is 4.40. The highest BCUT2D eigenvalue weighted by atomic mass is 35.5. The minimum atomic E-state index is -0.487. The molecule has 0 radical (unpaired) electrons. The number of nitrogens with one attached hydrogen (secondary N) is 2. The lowest BCUT2D eigenvalue weighted by Gasteiger charge is -2.09. The first-order valence-electron chi connectivity index (χ1n) is 6.47. The maximum absolute atomic E-state index is 12.0. The van der Waals surface area contributed by atoms with Gasteiger partial charge in [0.2, 0.25) is 0 Å². The number of hydrogen-bond acceptors (Lipinski definition) is 4. The van der Waals surface area contributed by atoms with Gasteiger partial charge in [-0.3, -0.25) is 5.32 Å². The van der Waals surface area contributed by atoms with Crippen LogP contribution in [0.3, 0.4) is 0 Å². The van der Waals surface area contributed by atoms with E-state index in [9.17, 15) is 4.79 Å². The Morgan fingerprint density at radius 2 is 2.00 bits per heavy atom. The van der Waals surface area contributed by atoms with Crippen molar-refractivity contribution in [3.63, 3.8) is 0 Å². The third kappa shape index (κ3) is 3.77. The summed E-state index contributed by atoms with van der Waals surface area (Å²) in [5, 5.41) is 10.1. The lowest BCUT2D eigenvalue weighted by Crippen LogP contribution is -2.20. The number of rotatable bonds is 3. The van der Waals surface area contributed by atoms with Gasteiger partial charge in [-0.1, -0.05) is 23.2 Å². The van der Waals surface area contributed by atoms with Gasteiger partial charge in [0, 0.05) is 23.5 Å². The van der Waals surface area contributed by atoms with Crippen LogP contribution < -0.4 is 10.6 Å². The van der Waals surface area contributed by atoms with Gasteiger partial charge in [-0.2, -0.15) is 5.10 Å². The van der Waals surface area contributed by atoms with E-state index < -0.39 is 6.03 Å². The molecule has 0 atom stereocenters. The number of carbonyl (C=O) groups excluding carboxylic acids is 1. The normalized spacial score (nSPS) is 10.3. The molecular weight excluding hydrogens is 339 g/mol. The molecule has 0 aliphatic rings. The van der Waals surface area contributed by atoms with Crippen molar-refractivity contribution in [2.24, 2.45) is 0 Å². The molecular formula is C14H10Cl2N6O. The molecule has 2 heterocycles. The van der Waals surface area contributed by atoms with Crippen molar-refractivity contribution in [2.45, 2.75) is 0 Å². The maximum atomic E-state index is 12.0. The summed E-state index contributed by atoms with van der Waals surface area (Å²) in [4.78, 5) is 20.1. The second-order valence-corrected chi connectivity index (χ2v) is 5.26. The van der Waals surface area contributed by atoms with Gasteiger partial charge >= 0.3 is 6.03 Å². The summed E-state index contributed by atoms with van der Waals surface area (Å²) in [6.07, 6.45) is 4.70. The molecule has 0 aliphatic heterocycles. The lowest BCUT2D eigenvalue weighted by atomic mass is 10.3. The molecule has 1 aromatic carbocycles. The Balaban J connectivity index is 1.72. The lowest BCUT2D eigenvalue weighted by molar-refractivity contribution is 0.262. The first kappa shape index (κ1) is 15.3. The van der Waals surface area contributed by atoms with Gasteiger partial charge in [0.15, 0.2) is 5.82 Å². The van der Waals surface area contributed by atoms with Crippen molar-refractivity contribution in [2.75, 3.05) is 10.6 Å². The van der Waals surface area contributed by atoms with Crippen molar-refractivity contribution in [1.82, 2.24) is 19.7 Å². The Hall–Kier alpha value is -2.64. The fourth-order valence-corrected chi connectivity index (χ4v) is 2.26. The third-order valence-electron chi connectivity index (χ3n) is 2.81. The van der Waals surface area contributed by atoms with Crippen LogP contribution in [0.5, 0.6) is 0 Å². The third-order valence-corrected chi connectivity index (χ3v) is 3.36. The van der Waals surface area contributed by atoms with Crippen LogP contribution in [0.4, 0.5) is 16.3 Å². The van der Waals surface area contributed by atoms with E-state index in [1.54, 1.807) is 47.4 Å². The van der Waals surface area contributed by atoms with Crippen LogP contribution in [0, 0.1) is 0 Å². The minimum absolute atomic E-state index is 0.327. The molecule has 0 saturated carbocycles. The number of urea groups is 1. The van der Waals surface area contributed by atoms with Crippen LogP contribution in [0.2, 0.25) is 10.0 Å². The van der Waals surface area contributed by atoms with E-state index >= 15 is 0 Å². The van der Waals surface area contributed by atoms with Crippen LogP contribution in [0.1, 0.15) is 0 Å². The standard InChI is InChI=1S/C14H10Cl2N6O/c15-9-2-3-11(10(16)6-9)20-14(23)21-12-7-13(18-8-17-12)22-5-1-4-19-22/h1-8H,(H2,17,18,20,21,23). The summed E-state index contributed by atoms with van der Waals surface area (Å²) >= 11 is 11.8. The molecule has 23 heavy (non-hydrogen) atoms. The van der Waals surface area contributed by atoms with E-state index in [1.165, 1.54) is 6.33 Å². The van der Waals surface area contributed by atoms with Crippen LogP contribution in [0.25, 0.3) is 5.82 Å². The molecule has 2 N–H and O–H groups in total. The fraction of sp³-hybridized carbons (Fsp3) is 0. The van der Waals surface area contributed by atoms with E-state index in [0.717, 1.165) is 0 Å². The second kappa shape index (κ2) is 6.64. The molecule has 2 amide bonds. The van der Waals surface area contributed by atoms with Crippen LogP contribution in [0.15, 0.2) is 49.1 Å². The van der Waals surface area contributed by atoms with Gasteiger partial charge in [-0.05, 0) is 24.3 Å². The number of halogens is 2. The van der Waals surface area contributed by atoms with Gasteiger partial charge in [-0.25, -0.2) is 19.4 Å². The predicted molar refractivity (Wildman–Crippen MR) is 88.3 cm³/mol. The van der Waals surface area contributed by atoms with Gasteiger partial charge in [-0.15, -0.1) is 0 Å². The molecule has 0 spiro atoms. The quantitative estimate of drug-likeness (QED) is 0.756. The van der Waals surface area contributed by atoms with Crippen LogP contribution in [-0.2, 0) is 0 Å².